The molecule has 0 saturated heterocycles. The Balaban J connectivity index is 1.31. The van der Waals surface area contributed by atoms with Gasteiger partial charge in [-0.25, -0.2) is 4.79 Å². The van der Waals surface area contributed by atoms with Crippen molar-refractivity contribution < 1.29 is 14.3 Å². The van der Waals surface area contributed by atoms with Gasteiger partial charge in [-0.1, -0.05) is 59.8 Å². The molecule has 31 heavy (non-hydrogen) atoms. The number of hydrogen-bond acceptors (Lipinski definition) is 6. The van der Waals surface area contributed by atoms with Gasteiger partial charge >= 0.3 is 5.97 Å². The maximum atomic E-state index is 12.3. The molecule has 0 atom stereocenters. The van der Waals surface area contributed by atoms with Gasteiger partial charge in [0.25, 0.3) is 5.56 Å². The highest BCUT2D eigenvalue weighted by atomic mass is 16.5. The molecule has 0 radical (unpaired) electrons. The molecule has 0 aliphatic rings. The minimum atomic E-state index is -0.591. The molecule has 0 aliphatic carbocycles. The number of carbonyl (C=O) groups excluding carboxylic acids is 1. The molecule has 4 rings (SSSR count). The van der Waals surface area contributed by atoms with E-state index in [1.54, 1.807) is 30.3 Å². The maximum Gasteiger partial charge on any atom is 0.332 e. The lowest BCUT2D eigenvalue weighted by molar-refractivity contribution is -0.141. The molecular weight excluding hydrogens is 394 g/mol. The van der Waals surface area contributed by atoms with Crippen LogP contribution in [0.5, 0.6) is 5.75 Å². The Hall–Kier alpha value is -4.26. The highest BCUT2D eigenvalue weighted by Gasteiger charge is 2.06. The highest BCUT2D eigenvalue weighted by molar-refractivity contribution is 5.87. The van der Waals surface area contributed by atoms with Crippen molar-refractivity contribution in [2.45, 2.75) is 13.3 Å². The maximum absolute atomic E-state index is 12.3. The smallest absolute Gasteiger partial charge is 0.332 e. The molecule has 0 aliphatic heterocycles. The van der Waals surface area contributed by atoms with E-state index in [2.05, 4.69) is 10.3 Å². The van der Waals surface area contributed by atoms with Crippen LogP contribution in [0.1, 0.15) is 11.1 Å². The Morgan fingerprint density at radius 2 is 1.68 bits per heavy atom. The summed E-state index contributed by atoms with van der Waals surface area (Å²) in [5.74, 6) is 0.143. The third-order valence-corrected chi connectivity index (χ3v) is 4.50. The van der Waals surface area contributed by atoms with Crippen molar-refractivity contribution in [2.75, 3.05) is 0 Å². The minimum Gasteiger partial charge on any atom is -0.489 e. The summed E-state index contributed by atoms with van der Waals surface area (Å²) in [7, 11) is 0. The third kappa shape index (κ3) is 5.22. The van der Waals surface area contributed by atoms with Gasteiger partial charge < -0.3 is 9.47 Å². The molecule has 0 amide bonds. The molecule has 1 aromatic heterocycles. The van der Waals surface area contributed by atoms with Gasteiger partial charge in [-0.15, -0.1) is 5.10 Å². The number of benzene rings is 3. The number of rotatable bonds is 7. The number of aromatic nitrogens is 3. The Kier molecular flexibility index (Phi) is 6.13. The van der Waals surface area contributed by atoms with E-state index in [9.17, 15) is 9.59 Å². The van der Waals surface area contributed by atoms with Crippen LogP contribution in [-0.2, 0) is 22.9 Å². The topological polar surface area (TPSA) is 83.3 Å². The Bertz CT molecular complexity index is 1270. The second-order valence-corrected chi connectivity index (χ2v) is 6.68. The van der Waals surface area contributed by atoms with Crippen molar-refractivity contribution in [3.05, 3.63) is 106 Å². The summed E-state index contributed by atoms with van der Waals surface area (Å²) in [5.41, 5.74) is 2.02. The van der Waals surface area contributed by atoms with Gasteiger partial charge in [-0.05, 0) is 41.5 Å². The van der Waals surface area contributed by atoms with Crippen molar-refractivity contribution in [1.29, 1.82) is 0 Å². The number of ether oxygens (including phenoxy) is 2. The van der Waals surface area contributed by atoms with Gasteiger partial charge in [-0.2, -0.15) is 4.68 Å². The van der Waals surface area contributed by atoms with Crippen LogP contribution in [-0.4, -0.2) is 21.0 Å². The van der Waals surface area contributed by atoms with Crippen LogP contribution < -0.4 is 10.3 Å². The van der Waals surface area contributed by atoms with Crippen molar-refractivity contribution in [1.82, 2.24) is 15.0 Å². The molecule has 3 aromatic carbocycles. The van der Waals surface area contributed by atoms with Crippen LogP contribution >= 0.6 is 0 Å². The first-order valence-corrected chi connectivity index (χ1v) is 9.63. The zero-order chi connectivity index (χ0) is 21.5. The van der Waals surface area contributed by atoms with Gasteiger partial charge in [0.1, 0.15) is 17.9 Å². The average molecular weight is 413 g/mol. The van der Waals surface area contributed by atoms with E-state index in [-0.39, 0.29) is 12.3 Å². The van der Waals surface area contributed by atoms with Gasteiger partial charge in [0.15, 0.2) is 6.73 Å². The molecule has 1 heterocycles. The van der Waals surface area contributed by atoms with Crippen LogP contribution in [0.2, 0.25) is 0 Å². The highest BCUT2D eigenvalue weighted by Crippen LogP contribution is 2.15. The Labute approximate surface area is 178 Å². The van der Waals surface area contributed by atoms with Gasteiger partial charge in [-0.3, -0.25) is 4.79 Å². The lowest BCUT2D eigenvalue weighted by Crippen LogP contribution is -2.26. The first-order valence-electron chi connectivity index (χ1n) is 9.63. The van der Waals surface area contributed by atoms with Crippen LogP contribution in [0.3, 0.4) is 0 Å². The van der Waals surface area contributed by atoms with E-state index in [1.807, 2.05) is 54.6 Å². The summed E-state index contributed by atoms with van der Waals surface area (Å²) < 4.78 is 11.8. The second-order valence-electron chi connectivity index (χ2n) is 6.68. The fraction of sp³-hybridized carbons (Fsp3) is 0.0833. The molecule has 0 N–H and O–H groups in total. The zero-order valence-electron chi connectivity index (χ0n) is 16.5. The number of carbonyl (C=O) groups is 1. The fourth-order valence-electron chi connectivity index (χ4n) is 2.86. The number of fused-ring (bicyclic) bond motifs is 1. The molecule has 7 nitrogen and oxygen atoms in total. The van der Waals surface area contributed by atoms with E-state index in [4.69, 9.17) is 9.47 Å². The van der Waals surface area contributed by atoms with Crippen LogP contribution in [0, 0.1) is 0 Å². The molecule has 0 fully saturated rings. The molecular formula is C24H19N3O4. The number of hydrogen-bond donors (Lipinski definition) is 0. The molecule has 154 valence electrons. The van der Waals surface area contributed by atoms with E-state index in [0.717, 1.165) is 21.6 Å². The largest absolute Gasteiger partial charge is 0.489 e. The standard InChI is InChI=1S/C24H19N3O4/c28-23(31-17-27-24(29)21-8-4-5-9-22(21)25-26-27)15-12-18-10-13-20(14-11-18)30-16-19-6-2-1-3-7-19/h1-15H,16-17H2/b15-12+. The summed E-state index contributed by atoms with van der Waals surface area (Å²) in [5, 5.41) is 8.15. The van der Waals surface area contributed by atoms with Gasteiger partial charge in [0, 0.05) is 6.08 Å². The number of esters is 1. The van der Waals surface area contributed by atoms with Crippen molar-refractivity contribution in [3.8, 4) is 5.75 Å². The average Bonchev–Trinajstić information content (AvgIpc) is 2.82. The van der Waals surface area contributed by atoms with E-state index < -0.39 is 5.97 Å². The van der Waals surface area contributed by atoms with E-state index in [1.165, 1.54) is 6.08 Å². The summed E-state index contributed by atoms with van der Waals surface area (Å²) >= 11 is 0. The lowest BCUT2D eigenvalue weighted by Gasteiger charge is -2.06. The molecule has 0 bridgehead atoms. The number of nitrogens with zero attached hydrogens (tertiary/aromatic N) is 3. The second kappa shape index (κ2) is 9.49. The molecule has 0 unspecified atom stereocenters. The summed E-state index contributed by atoms with van der Waals surface area (Å²) in [6.07, 6.45) is 2.91. The minimum absolute atomic E-state index is 0.313. The van der Waals surface area contributed by atoms with E-state index in [0.29, 0.717) is 17.5 Å². The molecule has 0 saturated carbocycles. The fourth-order valence-corrected chi connectivity index (χ4v) is 2.86. The van der Waals surface area contributed by atoms with Gasteiger partial charge in [0.05, 0.1) is 5.39 Å². The predicted octanol–water partition coefficient (Wildman–Crippen LogP) is 3.58. The van der Waals surface area contributed by atoms with Crippen LogP contribution in [0.15, 0.2) is 89.7 Å². The third-order valence-electron chi connectivity index (χ3n) is 4.50. The first-order chi connectivity index (χ1) is 15.2. The Morgan fingerprint density at radius 1 is 0.935 bits per heavy atom. The lowest BCUT2D eigenvalue weighted by atomic mass is 10.2. The van der Waals surface area contributed by atoms with Crippen molar-refractivity contribution >= 4 is 22.9 Å². The van der Waals surface area contributed by atoms with Crippen LogP contribution in [0.4, 0.5) is 0 Å². The molecule has 7 heteroatoms. The monoisotopic (exact) mass is 413 g/mol. The first kappa shape index (κ1) is 20.0. The molecule has 4 aromatic rings. The zero-order valence-corrected chi connectivity index (χ0v) is 16.5. The van der Waals surface area contributed by atoms with Gasteiger partial charge in [0.2, 0.25) is 0 Å². The Morgan fingerprint density at radius 3 is 2.48 bits per heavy atom. The SMILES string of the molecule is O=C(/C=C/c1ccc(OCc2ccccc2)cc1)OCn1nnc2ccccc2c1=O. The quantitative estimate of drug-likeness (QED) is 0.340. The van der Waals surface area contributed by atoms with Crippen molar-refractivity contribution in [2.24, 2.45) is 0 Å². The van der Waals surface area contributed by atoms with Crippen molar-refractivity contribution in [3.63, 3.8) is 0 Å². The van der Waals surface area contributed by atoms with E-state index >= 15 is 0 Å². The molecule has 0 spiro atoms. The summed E-state index contributed by atoms with van der Waals surface area (Å²) in [4.78, 5) is 24.3. The normalized spacial score (nSPS) is 11.0. The summed E-state index contributed by atoms with van der Waals surface area (Å²) in [6.45, 7) is 0.172. The van der Waals surface area contributed by atoms with Crippen LogP contribution in [0.25, 0.3) is 17.0 Å². The summed E-state index contributed by atoms with van der Waals surface area (Å²) in [6, 6.07) is 24.1. The predicted molar refractivity (Wildman–Crippen MR) is 116 cm³/mol.